The van der Waals surface area contributed by atoms with Gasteiger partial charge in [-0.1, -0.05) is 24.3 Å². The highest BCUT2D eigenvalue weighted by Crippen LogP contribution is 2.30. The fourth-order valence-electron chi connectivity index (χ4n) is 2.00. The van der Waals surface area contributed by atoms with Crippen LogP contribution in [0.1, 0.15) is 18.1 Å². The van der Waals surface area contributed by atoms with Gasteiger partial charge >= 0.3 is 0 Å². The Labute approximate surface area is 130 Å². The van der Waals surface area contributed by atoms with Crippen LogP contribution in [0.25, 0.3) is 0 Å². The van der Waals surface area contributed by atoms with Crippen LogP contribution in [0.15, 0.2) is 42.5 Å². The molecule has 0 saturated heterocycles. The van der Waals surface area contributed by atoms with E-state index in [9.17, 15) is 0 Å². The summed E-state index contributed by atoms with van der Waals surface area (Å²) < 4.78 is 16.8. The molecular weight excluding hydrogens is 288 g/mol. The van der Waals surface area contributed by atoms with E-state index in [-0.39, 0.29) is 0 Å². The zero-order chi connectivity index (χ0) is 15.1. The van der Waals surface area contributed by atoms with Crippen molar-refractivity contribution in [3.8, 4) is 17.2 Å². The van der Waals surface area contributed by atoms with Crippen LogP contribution < -0.4 is 14.2 Å². The highest BCUT2D eigenvalue weighted by atomic mass is 35.5. The predicted molar refractivity (Wildman–Crippen MR) is 84.5 cm³/mol. The number of methoxy groups -OCH3 is 1. The van der Waals surface area contributed by atoms with Gasteiger partial charge in [0, 0.05) is 11.4 Å². The first-order valence-electron chi connectivity index (χ1n) is 6.84. The van der Waals surface area contributed by atoms with E-state index in [0.717, 1.165) is 16.9 Å². The summed E-state index contributed by atoms with van der Waals surface area (Å²) in [7, 11) is 1.65. The van der Waals surface area contributed by atoms with Crippen molar-refractivity contribution in [2.75, 3.05) is 13.7 Å². The zero-order valence-corrected chi connectivity index (χ0v) is 13.0. The Morgan fingerprint density at radius 2 is 1.76 bits per heavy atom. The smallest absolute Gasteiger partial charge is 0.161 e. The summed E-state index contributed by atoms with van der Waals surface area (Å²) in [6, 6.07) is 13.5. The highest BCUT2D eigenvalue weighted by molar-refractivity contribution is 6.17. The van der Waals surface area contributed by atoms with E-state index in [2.05, 4.69) is 0 Å². The van der Waals surface area contributed by atoms with Gasteiger partial charge in [0.1, 0.15) is 12.4 Å². The number of halogens is 1. The summed E-state index contributed by atoms with van der Waals surface area (Å²) >= 11 is 5.85. The lowest BCUT2D eigenvalue weighted by Gasteiger charge is -2.14. The third-order valence-corrected chi connectivity index (χ3v) is 3.35. The summed E-state index contributed by atoms with van der Waals surface area (Å²) in [6.07, 6.45) is 0. The molecule has 2 aromatic rings. The van der Waals surface area contributed by atoms with Crippen LogP contribution in [0.2, 0.25) is 0 Å². The van der Waals surface area contributed by atoms with Crippen LogP contribution in [0, 0.1) is 0 Å². The van der Waals surface area contributed by atoms with Gasteiger partial charge in [0.05, 0.1) is 13.7 Å². The van der Waals surface area contributed by atoms with Crippen molar-refractivity contribution in [2.45, 2.75) is 19.4 Å². The standard InChI is InChI=1S/C17H19ClO3/c1-3-20-17-10-13(11-18)8-9-16(17)21-12-14-6-4-5-7-15(14)19-2/h4-10H,3,11-12H2,1-2H3. The van der Waals surface area contributed by atoms with Crippen LogP contribution in [-0.2, 0) is 12.5 Å². The quantitative estimate of drug-likeness (QED) is 0.709. The van der Waals surface area contributed by atoms with Gasteiger partial charge in [-0.2, -0.15) is 0 Å². The molecule has 0 spiro atoms. The molecule has 0 bridgehead atoms. The van der Waals surface area contributed by atoms with E-state index < -0.39 is 0 Å². The molecule has 2 rings (SSSR count). The van der Waals surface area contributed by atoms with Crippen LogP contribution in [0.3, 0.4) is 0 Å². The van der Waals surface area contributed by atoms with Gasteiger partial charge < -0.3 is 14.2 Å². The van der Waals surface area contributed by atoms with E-state index in [1.165, 1.54) is 0 Å². The van der Waals surface area contributed by atoms with E-state index in [0.29, 0.717) is 30.6 Å². The van der Waals surface area contributed by atoms with E-state index in [1.807, 2.05) is 49.4 Å². The van der Waals surface area contributed by atoms with Crippen LogP contribution in [0.5, 0.6) is 17.2 Å². The lowest BCUT2D eigenvalue weighted by Crippen LogP contribution is -2.01. The molecule has 0 aromatic heterocycles. The minimum atomic E-state index is 0.421. The summed E-state index contributed by atoms with van der Waals surface area (Å²) in [5.74, 6) is 2.68. The molecule has 0 amide bonds. The Morgan fingerprint density at radius 1 is 0.952 bits per heavy atom. The third-order valence-electron chi connectivity index (χ3n) is 3.04. The molecular formula is C17H19ClO3. The number of hydrogen-bond donors (Lipinski definition) is 0. The molecule has 0 saturated carbocycles. The maximum atomic E-state index is 5.87. The first-order valence-corrected chi connectivity index (χ1v) is 7.38. The Kier molecular flexibility index (Phi) is 5.76. The molecule has 3 nitrogen and oxygen atoms in total. The van der Waals surface area contributed by atoms with Crippen molar-refractivity contribution in [1.29, 1.82) is 0 Å². The molecule has 0 aliphatic heterocycles. The number of hydrogen-bond acceptors (Lipinski definition) is 3. The molecule has 0 aliphatic carbocycles. The van der Waals surface area contributed by atoms with Gasteiger partial charge in [-0.25, -0.2) is 0 Å². The van der Waals surface area contributed by atoms with Crippen molar-refractivity contribution in [2.24, 2.45) is 0 Å². The first kappa shape index (κ1) is 15.5. The molecule has 0 atom stereocenters. The molecule has 4 heteroatoms. The van der Waals surface area contributed by atoms with Gasteiger partial charge in [0.2, 0.25) is 0 Å². The lowest BCUT2D eigenvalue weighted by molar-refractivity contribution is 0.265. The van der Waals surface area contributed by atoms with E-state index >= 15 is 0 Å². The number of para-hydroxylation sites is 1. The monoisotopic (exact) mass is 306 g/mol. The van der Waals surface area contributed by atoms with Crippen molar-refractivity contribution < 1.29 is 14.2 Å². The van der Waals surface area contributed by atoms with Crippen molar-refractivity contribution >= 4 is 11.6 Å². The largest absolute Gasteiger partial charge is 0.496 e. The number of ether oxygens (including phenoxy) is 3. The SMILES string of the molecule is CCOc1cc(CCl)ccc1OCc1ccccc1OC. The van der Waals surface area contributed by atoms with Gasteiger partial charge in [0.25, 0.3) is 0 Å². The molecule has 21 heavy (non-hydrogen) atoms. The minimum Gasteiger partial charge on any atom is -0.496 e. The molecule has 0 fully saturated rings. The molecule has 0 radical (unpaired) electrons. The summed E-state index contributed by atoms with van der Waals surface area (Å²) in [5, 5.41) is 0. The molecule has 0 aliphatic rings. The highest BCUT2D eigenvalue weighted by Gasteiger charge is 2.08. The Bertz CT molecular complexity index is 584. The van der Waals surface area contributed by atoms with E-state index in [1.54, 1.807) is 7.11 Å². The second kappa shape index (κ2) is 7.79. The first-order chi connectivity index (χ1) is 10.3. The Morgan fingerprint density at radius 3 is 2.48 bits per heavy atom. The van der Waals surface area contributed by atoms with Gasteiger partial charge in [-0.3, -0.25) is 0 Å². The minimum absolute atomic E-state index is 0.421. The Hall–Kier alpha value is -1.87. The second-order valence-electron chi connectivity index (χ2n) is 4.45. The molecule has 112 valence electrons. The maximum absolute atomic E-state index is 5.87. The summed E-state index contributed by atoms with van der Waals surface area (Å²) in [4.78, 5) is 0. The fourth-order valence-corrected chi connectivity index (χ4v) is 2.17. The van der Waals surface area contributed by atoms with Gasteiger partial charge in [-0.15, -0.1) is 11.6 Å². The number of alkyl halides is 1. The van der Waals surface area contributed by atoms with E-state index in [4.69, 9.17) is 25.8 Å². The average Bonchev–Trinajstić information content (AvgIpc) is 2.54. The zero-order valence-electron chi connectivity index (χ0n) is 12.3. The van der Waals surface area contributed by atoms with Crippen LogP contribution in [0.4, 0.5) is 0 Å². The normalized spacial score (nSPS) is 10.2. The molecule has 0 heterocycles. The van der Waals surface area contributed by atoms with Crippen LogP contribution in [-0.4, -0.2) is 13.7 Å². The van der Waals surface area contributed by atoms with Crippen molar-refractivity contribution in [3.05, 3.63) is 53.6 Å². The second-order valence-corrected chi connectivity index (χ2v) is 4.72. The van der Waals surface area contributed by atoms with Gasteiger partial charge in [-0.05, 0) is 30.7 Å². The predicted octanol–water partition coefficient (Wildman–Crippen LogP) is 4.41. The fraction of sp³-hybridized carbons (Fsp3) is 0.294. The van der Waals surface area contributed by atoms with Gasteiger partial charge in [0.15, 0.2) is 11.5 Å². The Balaban J connectivity index is 2.15. The lowest BCUT2D eigenvalue weighted by atomic mass is 10.2. The van der Waals surface area contributed by atoms with Crippen molar-refractivity contribution in [1.82, 2.24) is 0 Å². The summed E-state index contributed by atoms with van der Waals surface area (Å²) in [6.45, 7) is 2.94. The van der Waals surface area contributed by atoms with Crippen molar-refractivity contribution in [3.63, 3.8) is 0 Å². The third kappa shape index (κ3) is 4.05. The topological polar surface area (TPSA) is 27.7 Å². The maximum Gasteiger partial charge on any atom is 0.161 e. The van der Waals surface area contributed by atoms with Crippen LogP contribution >= 0.6 is 11.6 Å². The number of benzene rings is 2. The molecule has 2 aromatic carbocycles. The summed E-state index contributed by atoms with van der Waals surface area (Å²) in [5.41, 5.74) is 1.99. The number of rotatable bonds is 7. The molecule has 0 N–H and O–H groups in total. The average molecular weight is 307 g/mol. The molecule has 0 unspecified atom stereocenters.